The third kappa shape index (κ3) is 7.14. The number of carbonyl (C=O) groups excluding carboxylic acids is 2. The molecule has 196 valence electrons. The number of sulfonamides is 1. The van der Waals surface area contributed by atoms with Crippen molar-refractivity contribution in [3.63, 3.8) is 0 Å². The number of hydrogen-bond donors (Lipinski definition) is 1. The van der Waals surface area contributed by atoms with Crippen molar-refractivity contribution in [2.75, 3.05) is 17.1 Å². The summed E-state index contributed by atoms with van der Waals surface area (Å²) >= 11 is 12.4. The van der Waals surface area contributed by atoms with E-state index in [2.05, 4.69) is 5.32 Å². The Morgan fingerprint density at radius 3 is 2.36 bits per heavy atom. The van der Waals surface area contributed by atoms with Crippen LogP contribution in [0.25, 0.3) is 0 Å². The van der Waals surface area contributed by atoms with Crippen LogP contribution < -0.4 is 9.62 Å². The smallest absolute Gasteiger partial charge is 0.244 e. The number of anilines is 1. The number of nitrogens with zero attached hydrogens (tertiary/aromatic N) is 2. The molecule has 0 unspecified atom stereocenters. The highest BCUT2D eigenvalue weighted by atomic mass is 35.5. The summed E-state index contributed by atoms with van der Waals surface area (Å²) in [6.07, 6.45) is 6.12. The van der Waals surface area contributed by atoms with E-state index in [1.165, 1.54) is 17.0 Å². The van der Waals surface area contributed by atoms with Crippen molar-refractivity contribution in [3.05, 3.63) is 63.6 Å². The van der Waals surface area contributed by atoms with Gasteiger partial charge in [-0.15, -0.1) is 0 Å². The molecule has 1 aliphatic carbocycles. The first-order chi connectivity index (χ1) is 17.0. The molecule has 7 nitrogen and oxygen atoms in total. The molecule has 0 heterocycles. The summed E-state index contributed by atoms with van der Waals surface area (Å²) in [7, 11) is -3.89. The Kier molecular flexibility index (Phi) is 9.66. The largest absolute Gasteiger partial charge is 0.352 e. The Balaban J connectivity index is 1.91. The van der Waals surface area contributed by atoms with Gasteiger partial charge >= 0.3 is 0 Å². The zero-order valence-corrected chi connectivity index (χ0v) is 23.2. The van der Waals surface area contributed by atoms with Crippen LogP contribution in [0.3, 0.4) is 0 Å². The van der Waals surface area contributed by atoms with Crippen LogP contribution in [0.5, 0.6) is 0 Å². The van der Waals surface area contributed by atoms with E-state index < -0.39 is 28.5 Å². The van der Waals surface area contributed by atoms with E-state index in [1.807, 2.05) is 31.2 Å². The lowest BCUT2D eigenvalue weighted by atomic mass is 9.95. The predicted octanol–water partition coefficient (Wildman–Crippen LogP) is 4.93. The predicted molar refractivity (Wildman–Crippen MR) is 145 cm³/mol. The first-order valence-corrected chi connectivity index (χ1v) is 14.7. The van der Waals surface area contributed by atoms with E-state index in [1.54, 1.807) is 13.0 Å². The van der Waals surface area contributed by atoms with Gasteiger partial charge in [0.05, 0.1) is 22.0 Å². The van der Waals surface area contributed by atoms with E-state index in [4.69, 9.17) is 23.2 Å². The molecule has 0 aromatic heterocycles. The Hall–Kier alpha value is -2.29. The van der Waals surface area contributed by atoms with Crippen LogP contribution in [-0.2, 0) is 26.2 Å². The number of hydrogen-bond acceptors (Lipinski definition) is 4. The molecular formula is C26H33Cl2N3O4S. The monoisotopic (exact) mass is 553 g/mol. The molecule has 1 atom stereocenters. The maximum atomic E-state index is 13.7. The number of halogens is 2. The number of rotatable bonds is 9. The highest BCUT2D eigenvalue weighted by Crippen LogP contribution is 2.33. The van der Waals surface area contributed by atoms with Crippen molar-refractivity contribution in [1.29, 1.82) is 0 Å². The number of aryl methyl sites for hydroxylation is 1. The zero-order chi connectivity index (χ0) is 26.5. The summed E-state index contributed by atoms with van der Waals surface area (Å²) in [5, 5.41) is 3.29. The second-order valence-electron chi connectivity index (χ2n) is 9.31. The Morgan fingerprint density at radius 2 is 1.72 bits per heavy atom. The van der Waals surface area contributed by atoms with Gasteiger partial charge in [0.1, 0.15) is 12.6 Å². The summed E-state index contributed by atoms with van der Waals surface area (Å²) in [4.78, 5) is 28.3. The molecule has 0 saturated heterocycles. The molecule has 0 radical (unpaired) electrons. The van der Waals surface area contributed by atoms with Gasteiger partial charge < -0.3 is 10.2 Å². The maximum Gasteiger partial charge on any atom is 0.244 e. The van der Waals surface area contributed by atoms with Crippen LogP contribution >= 0.6 is 23.2 Å². The minimum Gasteiger partial charge on any atom is -0.352 e. The molecule has 36 heavy (non-hydrogen) atoms. The molecule has 2 amide bonds. The second-order valence-corrected chi connectivity index (χ2v) is 12.0. The standard InChI is InChI=1S/C26H33Cl2N3O4S/c1-18-10-7-8-11-20(18)16-30(19(2)26(33)29-21-12-5-4-6-13-21)24(32)17-31(36(3,34)35)23-15-9-14-22(27)25(23)28/h7-11,14-15,19,21H,4-6,12-13,16-17H2,1-3H3,(H,29,33)/t19-/m1/s1. The first kappa shape index (κ1) is 28.3. The van der Waals surface area contributed by atoms with Crippen LogP contribution in [0.15, 0.2) is 42.5 Å². The molecule has 10 heteroatoms. The zero-order valence-electron chi connectivity index (χ0n) is 20.8. The molecule has 0 aliphatic heterocycles. The minimum atomic E-state index is -3.89. The van der Waals surface area contributed by atoms with E-state index in [0.717, 1.165) is 53.8 Å². The van der Waals surface area contributed by atoms with E-state index in [-0.39, 0.29) is 34.2 Å². The number of carbonyl (C=O) groups is 2. The lowest BCUT2D eigenvalue weighted by molar-refractivity contribution is -0.139. The molecule has 0 bridgehead atoms. The van der Waals surface area contributed by atoms with Crippen molar-refractivity contribution < 1.29 is 18.0 Å². The van der Waals surface area contributed by atoms with Gasteiger partial charge in [-0.25, -0.2) is 8.42 Å². The molecule has 1 fully saturated rings. The van der Waals surface area contributed by atoms with Gasteiger partial charge in [0.25, 0.3) is 0 Å². The molecule has 1 aliphatic rings. The summed E-state index contributed by atoms with van der Waals surface area (Å²) < 4.78 is 26.3. The fourth-order valence-corrected chi connectivity index (χ4v) is 5.70. The van der Waals surface area contributed by atoms with Gasteiger partial charge in [-0.1, -0.05) is 72.8 Å². The Morgan fingerprint density at radius 1 is 1.06 bits per heavy atom. The highest BCUT2D eigenvalue weighted by Gasteiger charge is 2.32. The van der Waals surface area contributed by atoms with Crippen molar-refractivity contribution in [1.82, 2.24) is 10.2 Å². The fraction of sp³-hybridized carbons (Fsp3) is 0.462. The highest BCUT2D eigenvalue weighted by molar-refractivity contribution is 7.92. The SMILES string of the molecule is Cc1ccccc1CN(C(=O)CN(c1cccc(Cl)c1Cl)S(C)(=O)=O)[C@H](C)C(=O)NC1CCCCC1. The minimum absolute atomic E-state index is 0.0333. The average molecular weight is 555 g/mol. The van der Waals surface area contributed by atoms with Gasteiger partial charge in [0.2, 0.25) is 21.8 Å². The van der Waals surface area contributed by atoms with Crippen LogP contribution in [-0.4, -0.2) is 50.0 Å². The van der Waals surface area contributed by atoms with E-state index in [9.17, 15) is 18.0 Å². The van der Waals surface area contributed by atoms with Gasteiger partial charge in [-0.05, 0) is 49.9 Å². The molecule has 0 spiro atoms. The molecule has 1 N–H and O–H groups in total. The normalized spacial score (nSPS) is 15.2. The third-order valence-corrected chi connectivity index (χ3v) is 8.54. The number of benzene rings is 2. The van der Waals surface area contributed by atoms with Crippen LogP contribution in [0.4, 0.5) is 5.69 Å². The molecule has 3 rings (SSSR count). The summed E-state index contributed by atoms with van der Waals surface area (Å²) in [5.41, 5.74) is 1.94. The molecule has 2 aromatic carbocycles. The third-order valence-electron chi connectivity index (χ3n) is 6.60. The quantitative estimate of drug-likeness (QED) is 0.476. The topological polar surface area (TPSA) is 86.8 Å². The van der Waals surface area contributed by atoms with Crippen molar-refractivity contribution in [3.8, 4) is 0 Å². The summed E-state index contributed by atoms with van der Waals surface area (Å²) in [6, 6.07) is 11.5. The van der Waals surface area contributed by atoms with Gasteiger partial charge in [0, 0.05) is 12.6 Å². The fourth-order valence-electron chi connectivity index (χ4n) is 4.40. The van der Waals surface area contributed by atoms with Crippen molar-refractivity contribution in [2.45, 2.75) is 64.6 Å². The maximum absolute atomic E-state index is 13.7. The van der Waals surface area contributed by atoms with Gasteiger partial charge in [-0.3, -0.25) is 13.9 Å². The summed E-state index contributed by atoms with van der Waals surface area (Å²) in [5.74, 6) is -0.776. The lowest BCUT2D eigenvalue weighted by Crippen LogP contribution is -2.53. The Bertz CT molecular complexity index is 1200. The second kappa shape index (κ2) is 12.3. The Labute approximate surface area is 223 Å². The lowest BCUT2D eigenvalue weighted by Gasteiger charge is -2.33. The summed E-state index contributed by atoms with van der Waals surface area (Å²) in [6.45, 7) is 3.24. The molecule has 1 saturated carbocycles. The van der Waals surface area contributed by atoms with Crippen LogP contribution in [0, 0.1) is 6.92 Å². The van der Waals surface area contributed by atoms with Gasteiger partial charge in [-0.2, -0.15) is 0 Å². The van der Waals surface area contributed by atoms with Gasteiger partial charge in [0.15, 0.2) is 0 Å². The molecular weight excluding hydrogens is 521 g/mol. The average Bonchev–Trinajstić information content (AvgIpc) is 2.83. The van der Waals surface area contributed by atoms with Crippen LogP contribution in [0.2, 0.25) is 10.0 Å². The first-order valence-electron chi connectivity index (χ1n) is 12.0. The van der Waals surface area contributed by atoms with Crippen molar-refractivity contribution in [2.24, 2.45) is 0 Å². The van der Waals surface area contributed by atoms with E-state index in [0.29, 0.717) is 0 Å². The molecule has 2 aromatic rings. The van der Waals surface area contributed by atoms with Crippen LogP contribution in [0.1, 0.15) is 50.2 Å². The van der Waals surface area contributed by atoms with Crippen molar-refractivity contribution >= 4 is 50.7 Å². The number of amides is 2. The number of nitrogens with one attached hydrogen (secondary N) is 1. The van der Waals surface area contributed by atoms with E-state index >= 15 is 0 Å².